The summed E-state index contributed by atoms with van der Waals surface area (Å²) in [4.78, 5) is 0. The molecule has 0 heterocycles. The average molecular weight is 159 g/mol. The molecule has 0 radical (unpaired) electrons. The van der Waals surface area contributed by atoms with Crippen LogP contribution in [-0.2, 0) is 4.74 Å². The molecule has 1 N–H and O–H groups in total. The van der Waals surface area contributed by atoms with Gasteiger partial charge in [-0.25, -0.2) is 0 Å². The Balaban J connectivity index is 3.28. The number of methoxy groups -OCH3 is 1. The molecule has 0 bridgehead atoms. The van der Waals surface area contributed by atoms with Crippen molar-refractivity contribution in [3.05, 3.63) is 12.5 Å². The fraction of sp³-hybridized carbons (Fsp3) is 0.714. The lowest BCUT2D eigenvalue weighted by atomic mass is 10.9. The van der Waals surface area contributed by atoms with E-state index in [1.165, 1.54) is 0 Å². The monoisotopic (exact) mass is 159 g/mol. The van der Waals surface area contributed by atoms with Gasteiger partial charge in [0.1, 0.15) is 0 Å². The van der Waals surface area contributed by atoms with Gasteiger partial charge in [-0.05, 0) is 0 Å². The maximum absolute atomic E-state index is 4.73. The highest BCUT2D eigenvalue weighted by atomic mass is 28.3. The highest BCUT2D eigenvalue weighted by Gasteiger charge is 2.10. The fourth-order valence-electron chi connectivity index (χ4n) is 0.481. The van der Waals surface area contributed by atoms with Crippen molar-refractivity contribution in [1.29, 1.82) is 0 Å². The summed E-state index contributed by atoms with van der Waals surface area (Å²) in [6, 6.07) is 0. The van der Waals surface area contributed by atoms with Gasteiger partial charge < -0.3 is 10.1 Å². The third-order valence-corrected chi connectivity index (χ3v) is 2.22. The molecule has 0 atom stereocenters. The molecule has 0 aliphatic rings. The Hall–Kier alpha value is -0.443. The molecule has 0 aromatic heterocycles. The molecule has 0 saturated heterocycles. The summed E-state index contributed by atoms with van der Waals surface area (Å²) in [7, 11) is 0.720. The molecule has 0 unspecified atom stereocenters. The molecule has 2 nitrogen and oxygen atoms in total. The van der Waals surface area contributed by atoms with Gasteiger partial charge >= 0.3 is 0 Å². The van der Waals surface area contributed by atoms with Crippen LogP contribution in [0.25, 0.3) is 0 Å². The minimum Gasteiger partial charge on any atom is -0.503 e. The molecule has 0 aromatic carbocycles. The van der Waals surface area contributed by atoms with Crippen LogP contribution in [0.4, 0.5) is 0 Å². The van der Waals surface area contributed by atoms with Crippen LogP contribution in [0, 0.1) is 0 Å². The van der Waals surface area contributed by atoms with Gasteiger partial charge in [-0.2, -0.15) is 0 Å². The van der Waals surface area contributed by atoms with Crippen molar-refractivity contribution in [2.24, 2.45) is 0 Å². The van der Waals surface area contributed by atoms with E-state index in [0.717, 1.165) is 6.17 Å². The molecular formula is C7H17NOSi. The summed E-state index contributed by atoms with van der Waals surface area (Å²) >= 11 is 0. The molecule has 10 heavy (non-hydrogen) atoms. The Morgan fingerprint density at radius 3 is 2.40 bits per heavy atom. The fourth-order valence-corrected chi connectivity index (χ4v) is 1.21. The Labute approximate surface area is 64.3 Å². The van der Waals surface area contributed by atoms with Gasteiger partial charge in [0.15, 0.2) is 0 Å². The van der Waals surface area contributed by atoms with E-state index in [-0.39, 0.29) is 0 Å². The first-order chi connectivity index (χ1) is 4.56. The van der Waals surface area contributed by atoms with E-state index in [9.17, 15) is 0 Å². The number of rotatable bonds is 4. The van der Waals surface area contributed by atoms with E-state index >= 15 is 0 Å². The summed E-state index contributed by atoms with van der Waals surface area (Å²) in [5.74, 6) is 0. The van der Waals surface area contributed by atoms with Crippen LogP contribution in [0.3, 0.4) is 0 Å². The van der Waals surface area contributed by atoms with Gasteiger partial charge in [0.25, 0.3) is 0 Å². The summed E-state index contributed by atoms with van der Waals surface area (Å²) in [5.41, 5.74) is 0. The predicted octanol–water partition coefficient (Wildman–Crippen LogP) is 1.57. The van der Waals surface area contributed by atoms with Crippen molar-refractivity contribution in [1.82, 2.24) is 5.32 Å². The number of ether oxygens (including phenoxy) is 1. The summed E-state index contributed by atoms with van der Waals surface area (Å²) in [6.07, 6.45) is 4.60. The average Bonchev–Trinajstić information content (AvgIpc) is 1.78. The molecule has 0 aliphatic heterocycles. The topological polar surface area (TPSA) is 21.3 Å². The standard InChI is InChI=1S/C7H17NOSi/c1-9-6-5-8-7-10(2,3)4/h5-6,8H,7H2,1-4H3. The largest absolute Gasteiger partial charge is 0.503 e. The normalized spacial score (nSPS) is 12.0. The third kappa shape index (κ3) is 7.56. The van der Waals surface area contributed by atoms with E-state index in [1.807, 2.05) is 6.20 Å². The minimum atomic E-state index is -0.925. The summed E-state index contributed by atoms with van der Waals surface area (Å²) < 4.78 is 4.73. The summed E-state index contributed by atoms with van der Waals surface area (Å²) in [6.45, 7) is 6.96. The minimum absolute atomic E-state index is 0.925. The number of nitrogens with one attached hydrogen (secondary N) is 1. The van der Waals surface area contributed by atoms with Gasteiger partial charge in [-0.1, -0.05) is 19.6 Å². The molecule has 0 fully saturated rings. The Bertz CT molecular complexity index is 107. The van der Waals surface area contributed by atoms with Gasteiger partial charge in [0.05, 0.1) is 21.4 Å². The Morgan fingerprint density at radius 1 is 1.40 bits per heavy atom. The van der Waals surface area contributed by atoms with Crippen LogP contribution < -0.4 is 5.32 Å². The highest BCUT2D eigenvalue weighted by Crippen LogP contribution is 1.96. The number of hydrogen-bond acceptors (Lipinski definition) is 2. The van der Waals surface area contributed by atoms with Crippen molar-refractivity contribution in [3.8, 4) is 0 Å². The van der Waals surface area contributed by atoms with Gasteiger partial charge in [-0.3, -0.25) is 0 Å². The molecule has 0 aromatic rings. The SMILES string of the molecule is COC=CNC[Si](C)(C)C. The van der Waals surface area contributed by atoms with Crippen LogP contribution in [0.15, 0.2) is 12.5 Å². The highest BCUT2D eigenvalue weighted by molar-refractivity contribution is 6.76. The zero-order chi connectivity index (χ0) is 8.04. The van der Waals surface area contributed by atoms with Crippen LogP contribution in [0.5, 0.6) is 0 Å². The van der Waals surface area contributed by atoms with E-state index < -0.39 is 8.07 Å². The van der Waals surface area contributed by atoms with Crippen LogP contribution in [0.2, 0.25) is 19.6 Å². The molecule has 0 rings (SSSR count). The van der Waals surface area contributed by atoms with Gasteiger partial charge in [0.2, 0.25) is 0 Å². The number of hydrogen-bond donors (Lipinski definition) is 1. The van der Waals surface area contributed by atoms with Crippen molar-refractivity contribution >= 4 is 8.07 Å². The zero-order valence-electron chi connectivity index (χ0n) is 7.27. The molecule has 3 heteroatoms. The second-order valence-corrected chi connectivity index (χ2v) is 8.95. The van der Waals surface area contributed by atoms with Gasteiger partial charge in [-0.15, -0.1) is 0 Å². The summed E-state index contributed by atoms with van der Waals surface area (Å²) in [5, 5.41) is 3.18. The Kier molecular flexibility index (Phi) is 4.19. The second kappa shape index (κ2) is 4.38. The van der Waals surface area contributed by atoms with E-state index in [0.29, 0.717) is 0 Å². The molecule has 0 spiro atoms. The first-order valence-electron chi connectivity index (χ1n) is 3.47. The molecule has 60 valence electrons. The van der Waals surface area contributed by atoms with Crippen molar-refractivity contribution in [2.75, 3.05) is 13.3 Å². The smallest absolute Gasteiger partial charge is 0.0981 e. The third-order valence-electron chi connectivity index (χ3n) is 0.954. The van der Waals surface area contributed by atoms with Crippen LogP contribution in [0.1, 0.15) is 0 Å². The van der Waals surface area contributed by atoms with E-state index in [4.69, 9.17) is 4.74 Å². The lowest BCUT2D eigenvalue weighted by Gasteiger charge is -2.14. The predicted molar refractivity (Wildman–Crippen MR) is 47.5 cm³/mol. The molecule has 0 aliphatic carbocycles. The quantitative estimate of drug-likeness (QED) is 0.496. The van der Waals surface area contributed by atoms with Crippen LogP contribution in [-0.4, -0.2) is 21.4 Å². The first-order valence-corrected chi connectivity index (χ1v) is 7.18. The van der Waals surface area contributed by atoms with Gasteiger partial charge in [0, 0.05) is 12.4 Å². The molecule has 0 saturated carbocycles. The lowest BCUT2D eigenvalue weighted by molar-refractivity contribution is 0.335. The lowest BCUT2D eigenvalue weighted by Crippen LogP contribution is -2.33. The van der Waals surface area contributed by atoms with E-state index in [2.05, 4.69) is 25.0 Å². The molecule has 0 amide bonds. The van der Waals surface area contributed by atoms with Crippen molar-refractivity contribution in [2.45, 2.75) is 19.6 Å². The van der Waals surface area contributed by atoms with Crippen molar-refractivity contribution < 1.29 is 4.74 Å². The maximum atomic E-state index is 4.73. The maximum Gasteiger partial charge on any atom is 0.0981 e. The van der Waals surface area contributed by atoms with Crippen LogP contribution >= 0.6 is 0 Å². The molecular weight excluding hydrogens is 142 g/mol. The van der Waals surface area contributed by atoms with E-state index in [1.54, 1.807) is 13.4 Å². The zero-order valence-corrected chi connectivity index (χ0v) is 8.27. The van der Waals surface area contributed by atoms with Crippen molar-refractivity contribution in [3.63, 3.8) is 0 Å². The second-order valence-electron chi connectivity index (χ2n) is 3.48. The Morgan fingerprint density at radius 2 is 2.00 bits per heavy atom. The first kappa shape index (κ1) is 9.56.